The standard InChI is InChI=1S/C14H25N3O2.2ClH/c18-14(13-3-1-2-5-15-13)17-6-4-12(11-17)16-7-9-19-10-8-16;;/h12-13,15H,1-11H2;2*1H. The molecule has 0 saturated carbocycles. The van der Waals surface area contributed by atoms with Crippen molar-refractivity contribution in [3.63, 3.8) is 0 Å². The zero-order valence-electron chi connectivity index (χ0n) is 12.5. The zero-order chi connectivity index (χ0) is 13.1. The van der Waals surface area contributed by atoms with E-state index >= 15 is 0 Å². The Balaban J connectivity index is 0.00000110. The number of hydrogen-bond donors (Lipinski definition) is 1. The number of hydrogen-bond acceptors (Lipinski definition) is 4. The SMILES string of the molecule is Cl.Cl.O=C(C1CCCCN1)N1CCC(N2CCOCC2)C1. The van der Waals surface area contributed by atoms with E-state index < -0.39 is 0 Å². The first-order valence-electron chi connectivity index (χ1n) is 7.68. The number of amides is 1. The Morgan fingerprint density at radius 3 is 2.48 bits per heavy atom. The van der Waals surface area contributed by atoms with E-state index in [0.29, 0.717) is 11.9 Å². The lowest BCUT2D eigenvalue weighted by Gasteiger charge is -2.32. The molecule has 3 aliphatic rings. The van der Waals surface area contributed by atoms with Gasteiger partial charge >= 0.3 is 0 Å². The molecule has 3 rings (SSSR count). The van der Waals surface area contributed by atoms with Crippen LogP contribution in [0.25, 0.3) is 0 Å². The van der Waals surface area contributed by atoms with E-state index in [1.54, 1.807) is 0 Å². The fraction of sp³-hybridized carbons (Fsp3) is 0.929. The van der Waals surface area contributed by atoms with Crippen LogP contribution in [-0.4, -0.2) is 73.7 Å². The van der Waals surface area contributed by atoms with Crippen molar-refractivity contribution in [1.29, 1.82) is 0 Å². The third-order valence-corrected chi connectivity index (χ3v) is 4.65. The quantitative estimate of drug-likeness (QED) is 0.812. The molecule has 0 aromatic rings. The maximum absolute atomic E-state index is 12.4. The average Bonchev–Trinajstić information content (AvgIpc) is 2.98. The Hall–Kier alpha value is -0.0700. The van der Waals surface area contributed by atoms with Crippen LogP contribution in [0.4, 0.5) is 0 Å². The summed E-state index contributed by atoms with van der Waals surface area (Å²) in [5.41, 5.74) is 0. The molecule has 124 valence electrons. The first-order chi connectivity index (χ1) is 9.34. The summed E-state index contributed by atoms with van der Waals surface area (Å²) in [5, 5.41) is 3.37. The number of ether oxygens (including phenoxy) is 1. The molecule has 0 aromatic carbocycles. The van der Waals surface area contributed by atoms with Gasteiger partial charge in [0, 0.05) is 32.2 Å². The van der Waals surface area contributed by atoms with Gasteiger partial charge < -0.3 is 15.0 Å². The lowest BCUT2D eigenvalue weighted by Crippen LogP contribution is -2.49. The highest BCUT2D eigenvalue weighted by molar-refractivity contribution is 5.85. The minimum atomic E-state index is 0. The third-order valence-electron chi connectivity index (χ3n) is 4.65. The van der Waals surface area contributed by atoms with Gasteiger partial charge in [0.05, 0.1) is 19.3 Å². The zero-order valence-corrected chi connectivity index (χ0v) is 14.1. The number of nitrogens with zero attached hydrogens (tertiary/aromatic N) is 2. The summed E-state index contributed by atoms with van der Waals surface area (Å²) in [6, 6.07) is 0.633. The van der Waals surface area contributed by atoms with E-state index in [0.717, 1.165) is 58.8 Å². The fourth-order valence-electron chi connectivity index (χ4n) is 3.47. The third kappa shape index (κ3) is 4.70. The normalized spacial score (nSPS) is 30.4. The van der Waals surface area contributed by atoms with Crippen LogP contribution in [0.3, 0.4) is 0 Å². The van der Waals surface area contributed by atoms with Crippen molar-refractivity contribution in [1.82, 2.24) is 15.1 Å². The number of halogens is 2. The molecule has 3 heterocycles. The van der Waals surface area contributed by atoms with Crippen molar-refractivity contribution in [3.8, 4) is 0 Å². The number of likely N-dealkylation sites (tertiary alicyclic amines) is 1. The molecule has 0 aromatic heterocycles. The molecule has 1 amide bonds. The Bertz CT molecular complexity index is 321. The fourth-order valence-corrected chi connectivity index (χ4v) is 3.47. The molecule has 7 heteroatoms. The number of nitrogens with one attached hydrogen (secondary N) is 1. The van der Waals surface area contributed by atoms with E-state index in [-0.39, 0.29) is 30.9 Å². The highest BCUT2D eigenvalue weighted by atomic mass is 35.5. The smallest absolute Gasteiger partial charge is 0.239 e. The minimum absolute atomic E-state index is 0. The van der Waals surface area contributed by atoms with Gasteiger partial charge in [-0.05, 0) is 25.8 Å². The van der Waals surface area contributed by atoms with E-state index in [1.807, 2.05) is 0 Å². The van der Waals surface area contributed by atoms with Crippen LogP contribution in [-0.2, 0) is 9.53 Å². The molecule has 2 unspecified atom stereocenters. The average molecular weight is 340 g/mol. The van der Waals surface area contributed by atoms with E-state index in [1.165, 1.54) is 12.8 Å². The van der Waals surface area contributed by atoms with Crippen LogP contribution in [0.15, 0.2) is 0 Å². The van der Waals surface area contributed by atoms with Crippen molar-refractivity contribution >= 4 is 30.7 Å². The summed E-state index contributed by atoms with van der Waals surface area (Å²) in [6.45, 7) is 6.57. The number of carbonyl (C=O) groups is 1. The van der Waals surface area contributed by atoms with E-state index in [4.69, 9.17) is 4.74 Å². The molecule has 3 saturated heterocycles. The largest absolute Gasteiger partial charge is 0.379 e. The highest BCUT2D eigenvalue weighted by Gasteiger charge is 2.34. The van der Waals surface area contributed by atoms with Crippen molar-refractivity contribution in [2.75, 3.05) is 45.9 Å². The first kappa shape index (κ1) is 19.0. The first-order valence-corrected chi connectivity index (χ1v) is 7.68. The molecule has 0 aliphatic carbocycles. The summed E-state index contributed by atoms with van der Waals surface area (Å²) in [7, 11) is 0. The molecule has 0 radical (unpaired) electrons. The van der Waals surface area contributed by atoms with Crippen molar-refractivity contribution in [2.24, 2.45) is 0 Å². The maximum atomic E-state index is 12.4. The topological polar surface area (TPSA) is 44.8 Å². The van der Waals surface area contributed by atoms with Gasteiger partial charge in [0.1, 0.15) is 0 Å². The van der Waals surface area contributed by atoms with Gasteiger partial charge in [-0.2, -0.15) is 0 Å². The second-order valence-corrected chi connectivity index (χ2v) is 5.88. The molecule has 3 aliphatic heterocycles. The Morgan fingerprint density at radius 2 is 1.81 bits per heavy atom. The summed E-state index contributed by atoms with van der Waals surface area (Å²) in [6.07, 6.45) is 4.53. The minimum Gasteiger partial charge on any atom is -0.379 e. The molecule has 0 bridgehead atoms. The molecule has 2 atom stereocenters. The number of piperidine rings is 1. The summed E-state index contributed by atoms with van der Waals surface area (Å²) < 4.78 is 5.40. The van der Waals surface area contributed by atoms with E-state index in [2.05, 4.69) is 15.1 Å². The van der Waals surface area contributed by atoms with Crippen molar-refractivity contribution in [2.45, 2.75) is 37.8 Å². The molecule has 1 N–H and O–H groups in total. The van der Waals surface area contributed by atoms with Gasteiger partial charge in [-0.25, -0.2) is 0 Å². The predicted octanol–water partition coefficient (Wildman–Crippen LogP) is 0.905. The molecule has 5 nitrogen and oxygen atoms in total. The van der Waals surface area contributed by atoms with Crippen LogP contribution in [0, 0.1) is 0 Å². The second-order valence-electron chi connectivity index (χ2n) is 5.88. The number of rotatable bonds is 2. The Labute approximate surface area is 139 Å². The van der Waals surface area contributed by atoms with Gasteiger partial charge in [-0.1, -0.05) is 6.42 Å². The van der Waals surface area contributed by atoms with Crippen LogP contribution in [0.1, 0.15) is 25.7 Å². The molecular formula is C14H27Cl2N3O2. The van der Waals surface area contributed by atoms with E-state index in [9.17, 15) is 4.79 Å². The van der Waals surface area contributed by atoms with Crippen molar-refractivity contribution in [3.05, 3.63) is 0 Å². The van der Waals surface area contributed by atoms with Crippen LogP contribution < -0.4 is 5.32 Å². The Kier molecular flexibility index (Phi) is 8.27. The molecule has 3 fully saturated rings. The summed E-state index contributed by atoms with van der Waals surface area (Å²) >= 11 is 0. The monoisotopic (exact) mass is 339 g/mol. The summed E-state index contributed by atoms with van der Waals surface area (Å²) in [4.78, 5) is 17.0. The van der Waals surface area contributed by atoms with Gasteiger partial charge in [0.25, 0.3) is 0 Å². The molecular weight excluding hydrogens is 313 g/mol. The van der Waals surface area contributed by atoms with Gasteiger partial charge in [-0.3, -0.25) is 9.69 Å². The number of carbonyl (C=O) groups excluding carboxylic acids is 1. The lowest BCUT2D eigenvalue weighted by atomic mass is 10.0. The maximum Gasteiger partial charge on any atom is 0.239 e. The molecule has 0 spiro atoms. The second kappa shape index (κ2) is 9.16. The Morgan fingerprint density at radius 1 is 1.05 bits per heavy atom. The van der Waals surface area contributed by atoms with Crippen LogP contribution >= 0.6 is 24.8 Å². The van der Waals surface area contributed by atoms with Crippen LogP contribution in [0.2, 0.25) is 0 Å². The summed E-state index contributed by atoms with van der Waals surface area (Å²) in [5.74, 6) is 0.329. The lowest BCUT2D eigenvalue weighted by molar-refractivity contribution is -0.133. The van der Waals surface area contributed by atoms with Gasteiger partial charge in [0.15, 0.2) is 0 Å². The molecule has 21 heavy (non-hydrogen) atoms. The predicted molar refractivity (Wildman–Crippen MR) is 87.5 cm³/mol. The van der Waals surface area contributed by atoms with Crippen molar-refractivity contribution < 1.29 is 9.53 Å². The highest BCUT2D eigenvalue weighted by Crippen LogP contribution is 2.19. The van der Waals surface area contributed by atoms with Crippen LogP contribution in [0.5, 0.6) is 0 Å². The van der Waals surface area contributed by atoms with Gasteiger partial charge in [0.2, 0.25) is 5.91 Å². The van der Waals surface area contributed by atoms with Gasteiger partial charge in [-0.15, -0.1) is 24.8 Å². The number of morpholine rings is 1.